The number of hydrogen-bond acceptors (Lipinski definition) is 5. The molecule has 27 heavy (non-hydrogen) atoms. The second-order valence-corrected chi connectivity index (χ2v) is 7.82. The summed E-state index contributed by atoms with van der Waals surface area (Å²) in [5.41, 5.74) is 2.02. The maximum Gasteiger partial charge on any atom is 0.273 e. The summed E-state index contributed by atoms with van der Waals surface area (Å²) in [5.74, 6) is -0.620. The molecule has 2 atom stereocenters. The maximum atomic E-state index is 13.3. The zero-order chi connectivity index (χ0) is 19.0. The van der Waals surface area contributed by atoms with E-state index in [1.54, 1.807) is 12.1 Å². The molecule has 8 heteroatoms. The van der Waals surface area contributed by atoms with Gasteiger partial charge < -0.3 is 9.72 Å². The van der Waals surface area contributed by atoms with Crippen molar-refractivity contribution in [1.29, 1.82) is 0 Å². The van der Waals surface area contributed by atoms with E-state index in [1.165, 1.54) is 23.5 Å². The van der Waals surface area contributed by atoms with Crippen molar-refractivity contribution in [1.82, 2.24) is 14.9 Å². The third-order valence-corrected chi connectivity index (χ3v) is 5.29. The number of amides is 1. The molecule has 1 aromatic carbocycles. The summed E-state index contributed by atoms with van der Waals surface area (Å²) in [4.78, 5) is 22.3. The van der Waals surface area contributed by atoms with Gasteiger partial charge in [0.05, 0.1) is 17.9 Å². The third kappa shape index (κ3) is 4.18. The van der Waals surface area contributed by atoms with Gasteiger partial charge in [0.15, 0.2) is 5.13 Å². The molecule has 142 valence electrons. The van der Waals surface area contributed by atoms with Crippen LogP contribution in [-0.4, -0.2) is 46.1 Å². The number of rotatable bonds is 4. The minimum atomic E-state index is -0.329. The lowest BCUT2D eigenvalue weighted by Gasteiger charge is -2.34. The van der Waals surface area contributed by atoms with Crippen molar-refractivity contribution < 1.29 is 13.9 Å². The van der Waals surface area contributed by atoms with Gasteiger partial charge in [-0.25, -0.2) is 9.37 Å². The molecule has 1 saturated heterocycles. The van der Waals surface area contributed by atoms with Crippen LogP contribution in [0.25, 0.3) is 10.9 Å². The van der Waals surface area contributed by atoms with Gasteiger partial charge in [0.25, 0.3) is 5.91 Å². The fraction of sp³-hybridized carbons (Fsp3) is 0.368. The molecule has 0 saturated carbocycles. The van der Waals surface area contributed by atoms with Crippen molar-refractivity contribution in [3.05, 3.63) is 46.9 Å². The summed E-state index contributed by atoms with van der Waals surface area (Å²) >= 11 is 1.40. The highest BCUT2D eigenvalue weighted by molar-refractivity contribution is 7.13. The Balaban J connectivity index is 1.41. The number of carbonyl (C=O) groups excluding carboxylic acids is 1. The Morgan fingerprint density at radius 1 is 1.37 bits per heavy atom. The number of anilines is 1. The zero-order valence-corrected chi connectivity index (χ0v) is 16.0. The van der Waals surface area contributed by atoms with Crippen LogP contribution >= 0.6 is 11.3 Å². The topological polar surface area (TPSA) is 70.2 Å². The van der Waals surface area contributed by atoms with Gasteiger partial charge >= 0.3 is 0 Å². The van der Waals surface area contributed by atoms with Gasteiger partial charge in [0.2, 0.25) is 0 Å². The van der Waals surface area contributed by atoms with Crippen LogP contribution in [0.1, 0.15) is 30.0 Å². The SMILES string of the molecule is CC1CN(Cc2csc(NC(=O)c3cc4cc(F)ccc4[nH]3)n2)CC(C)O1. The molecular weight excluding hydrogens is 367 g/mol. The maximum absolute atomic E-state index is 13.3. The molecule has 3 aromatic rings. The first-order chi connectivity index (χ1) is 13.0. The van der Waals surface area contributed by atoms with Crippen molar-refractivity contribution in [2.24, 2.45) is 0 Å². The quantitative estimate of drug-likeness (QED) is 0.716. The number of halogens is 1. The Kier molecular flexibility index (Phi) is 4.94. The number of aromatic nitrogens is 2. The van der Waals surface area contributed by atoms with Gasteiger partial charge in [-0.2, -0.15) is 0 Å². The smallest absolute Gasteiger partial charge is 0.273 e. The van der Waals surface area contributed by atoms with Crippen LogP contribution in [0.15, 0.2) is 29.6 Å². The average Bonchev–Trinajstić information content (AvgIpc) is 3.20. The van der Waals surface area contributed by atoms with E-state index in [4.69, 9.17) is 4.74 Å². The van der Waals surface area contributed by atoms with Crippen LogP contribution < -0.4 is 5.32 Å². The molecule has 2 aromatic heterocycles. The number of fused-ring (bicyclic) bond motifs is 1. The Morgan fingerprint density at radius 2 is 2.15 bits per heavy atom. The number of carbonyl (C=O) groups is 1. The highest BCUT2D eigenvalue weighted by atomic mass is 32.1. The monoisotopic (exact) mass is 388 g/mol. The molecule has 1 fully saturated rings. The number of benzene rings is 1. The predicted octanol–water partition coefficient (Wildman–Crippen LogP) is 3.63. The number of H-pyrrole nitrogens is 1. The van der Waals surface area contributed by atoms with E-state index in [0.717, 1.165) is 30.8 Å². The normalized spacial score (nSPS) is 20.9. The lowest BCUT2D eigenvalue weighted by atomic mass is 10.2. The van der Waals surface area contributed by atoms with Gasteiger partial charge in [-0.3, -0.25) is 15.0 Å². The first-order valence-electron chi connectivity index (χ1n) is 8.88. The molecule has 2 unspecified atom stereocenters. The molecule has 0 radical (unpaired) electrons. The molecule has 2 N–H and O–H groups in total. The number of hydrogen-bond donors (Lipinski definition) is 2. The first kappa shape index (κ1) is 18.1. The number of thiazole rings is 1. The lowest BCUT2D eigenvalue weighted by molar-refractivity contribution is -0.0707. The fourth-order valence-corrected chi connectivity index (χ4v) is 4.17. The fourth-order valence-electron chi connectivity index (χ4n) is 3.47. The van der Waals surface area contributed by atoms with Crippen molar-refractivity contribution >= 4 is 33.3 Å². The minimum Gasteiger partial charge on any atom is -0.373 e. The van der Waals surface area contributed by atoms with Gasteiger partial charge in [0, 0.05) is 35.9 Å². The highest BCUT2D eigenvalue weighted by Gasteiger charge is 2.23. The summed E-state index contributed by atoms with van der Waals surface area (Å²) in [6, 6.07) is 6.02. The van der Waals surface area contributed by atoms with Crippen LogP contribution in [0, 0.1) is 5.82 Å². The Bertz CT molecular complexity index is 960. The van der Waals surface area contributed by atoms with Crippen molar-refractivity contribution in [2.45, 2.75) is 32.6 Å². The Morgan fingerprint density at radius 3 is 2.93 bits per heavy atom. The van der Waals surface area contributed by atoms with Crippen molar-refractivity contribution in [2.75, 3.05) is 18.4 Å². The summed E-state index contributed by atoms with van der Waals surface area (Å²) < 4.78 is 19.1. The number of ether oxygens (including phenoxy) is 1. The van der Waals surface area contributed by atoms with E-state index in [9.17, 15) is 9.18 Å². The van der Waals surface area contributed by atoms with E-state index >= 15 is 0 Å². The molecule has 4 rings (SSSR count). The van der Waals surface area contributed by atoms with E-state index in [-0.39, 0.29) is 23.9 Å². The summed E-state index contributed by atoms with van der Waals surface area (Å²) in [6.07, 6.45) is 0.414. The molecule has 0 bridgehead atoms. The highest BCUT2D eigenvalue weighted by Crippen LogP contribution is 2.21. The van der Waals surface area contributed by atoms with Crippen LogP contribution in [0.2, 0.25) is 0 Å². The first-order valence-corrected chi connectivity index (χ1v) is 9.76. The van der Waals surface area contributed by atoms with Crippen LogP contribution in [0.3, 0.4) is 0 Å². The molecule has 1 amide bonds. The number of nitrogens with zero attached hydrogens (tertiary/aromatic N) is 2. The van der Waals surface area contributed by atoms with Crippen molar-refractivity contribution in [3.8, 4) is 0 Å². The second-order valence-electron chi connectivity index (χ2n) is 6.96. The average molecular weight is 388 g/mol. The van der Waals surface area contributed by atoms with Gasteiger partial charge in [-0.15, -0.1) is 11.3 Å². The molecule has 1 aliphatic heterocycles. The van der Waals surface area contributed by atoms with Gasteiger partial charge in [-0.1, -0.05) is 0 Å². The summed E-state index contributed by atoms with van der Waals surface area (Å²) in [5, 5.41) is 5.98. The minimum absolute atomic E-state index is 0.207. The number of nitrogens with one attached hydrogen (secondary N) is 2. The summed E-state index contributed by atoms with van der Waals surface area (Å²) in [7, 11) is 0. The van der Waals surface area contributed by atoms with E-state index < -0.39 is 0 Å². The van der Waals surface area contributed by atoms with Crippen LogP contribution in [0.4, 0.5) is 9.52 Å². The Hall–Kier alpha value is -2.29. The third-order valence-electron chi connectivity index (χ3n) is 4.48. The molecule has 0 spiro atoms. The molecular formula is C19H21FN4O2S. The number of morpholine rings is 1. The molecule has 6 nitrogen and oxygen atoms in total. The van der Waals surface area contributed by atoms with Crippen molar-refractivity contribution in [3.63, 3.8) is 0 Å². The van der Waals surface area contributed by atoms with Gasteiger partial charge in [0.1, 0.15) is 11.5 Å². The molecule has 0 aliphatic carbocycles. The zero-order valence-electron chi connectivity index (χ0n) is 15.2. The van der Waals surface area contributed by atoms with E-state index in [1.807, 2.05) is 5.38 Å². The lowest BCUT2D eigenvalue weighted by Crippen LogP contribution is -2.44. The second kappa shape index (κ2) is 7.38. The van der Waals surface area contributed by atoms with E-state index in [2.05, 4.69) is 34.0 Å². The predicted molar refractivity (Wildman–Crippen MR) is 104 cm³/mol. The van der Waals surface area contributed by atoms with Crippen LogP contribution in [0.5, 0.6) is 0 Å². The number of aromatic amines is 1. The largest absolute Gasteiger partial charge is 0.373 e. The summed E-state index contributed by atoms with van der Waals surface area (Å²) in [6.45, 7) is 6.61. The van der Waals surface area contributed by atoms with Gasteiger partial charge in [-0.05, 0) is 38.1 Å². The molecule has 1 aliphatic rings. The Labute approximate surface area is 160 Å². The van der Waals surface area contributed by atoms with Crippen LogP contribution in [-0.2, 0) is 11.3 Å². The van der Waals surface area contributed by atoms with E-state index in [0.29, 0.717) is 16.2 Å². The standard InChI is InChI=1S/C19H21FN4O2S/c1-11-7-24(8-12(2)26-11)9-15-10-27-19(21-15)23-18(25)17-6-13-5-14(20)3-4-16(13)22-17/h3-6,10-12,22H,7-9H2,1-2H3,(H,21,23,25). The molecule has 3 heterocycles.